The fourth-order valence-electron chi connectivity index (χ4n) is 4.26. The number of rotatable bonds is 4. The molecule has 0 bridgehead atoms. The molecule has 0 unspecified atom stereocenters. The second kappa shape index (κ2) is 6.15. The minimum absolute atomic E-state index is 0.244. The zero-order chi connectivity index (χ0) is 18.4. The lowest BCUT2D eigenvalue weighted by Gasteiger charge is -2.27. The van der Waals surface area contributed by atoms with Crippen molar-refractivity contribution in [3.63, 3.8) is 0 Å². The number of benzene rings is 1. The smallest absolute Gasteiger partial charge is 0.368 e. The van der Waals surface area contributed by atoms with Crippen LogP contribution in [0.1, 0.15) is 24.9 Å². The SMILES string of the molecule is CC[C@]1(C(=O)OC)[NH2+][C@@H](c2ccc(OC)cc2)[C@H]2C(=O)N(C)C(=O)[C@H]21. The van der Waals surface area contributed by atoms with Crippen LogP contribution in [0.4, 0.5) is 0 Å². The normalized spacial score (nSPS) is 31.2. The van der Waals surface area contributed by atoms with Crippen LogP contribution in [0.25, 0.3) is 0 Å². The van der Waals surface area contributed by atoms with Gasteiger partial charge in [0, 0.05) is 19.0 Å². The van der Waals surface area contributed by atoms with Gasteiger partial charge in [-0.1, -0.05) is 6.92 Å². The van der Waals surface area contributed by atoms with Crippen LogP contribution in [0, 0.1) is 11.8 Å². The molecule has 2 saturated heterocycles. The average Bonchev–Trinajstić information content (AvgIpc) is 3.11. The molecule has 134 valence electrons. The van der Waals surface area contributed by atoms with Gasteiger partial charge in [-0.05, 0) is 24.3 Å². The summed E-state index contributed by atoms with van der Waals surface area (Å²) in [6, 6.07) is 7.05. The molecule has 4 atom stereocenters. The summed E-state index contributed by atoms with van der Waals surface area (Å²) in [4.78, 5) is 39.2. The van der Waals surface area contributed by atoms with E-state index in [9.17, 15) is 14.4 Å². The maximum atomic E-state index is 12.7. The van der Waals surface area contributed by atoms with Gasteiger partial charge in [0.15, 0.2) is 0 Å². The number of methoxy groups -OCH3 is 2. The molecule has 0 spiro atoms. The summed E-state index contributed by atoms with van der Waals surface area (Å²) < 4.78 is 10.2. The first-order valence-electron chi connectivity index (χ1n) is 8.31. The number of carbonyl (C=O) groups is 3. The maximum Gasteiger partial charge on any atom is 0.368 e. The number of nitrogens with zero attached hydrogens (tertiary/aromatic N) is 1. The van der Waals surface area contributed by atoms with E-state index in [1.54, 1.807) is 7.11 Å². The average molecular weight is 347 g/mol. The van der Waals surface area contributed by atoms with Crippen molar-refractivity contribution in [3.05, 3.63) is 29.8 Å². The second-order valence-corrected chi connectivity index (χ2v) is 6.59. The van der Waals surface area contributed by atoms with Crippen LogP contribution < -0.4 is 10.1 Å². The summed E-state index contributed by atoms with van der Waals surface area (Å²) in [5, 5.41) is 1.85. The fourth-order valence-corrected chi connectivity index (χ4v) is 4.26. The molecule has 0 radical (unpaired) electrons. The van der Waals surface area contributed by atoms with Gasteiger partial charge >= 0.3 is 5.97 Å². The van der Waals surface area contributed by atoms with E-state index in [4.69, 9.17) is 9.47 Å². The molecule has 1 aromatic carbocycles. The van der Waals surface area contributed by atoms with Gasteiger partial charge in [-0.15, -0.1) is 0 Å². The molecule has 7 heteroatoms. The van der Waals surface area contributed by atoms with Gasteiger partial charge in [0.25, 0.3) is 0 Å². The molecule has 7 nitrogen and oxygen atoms in total. The Balaban J connectivity index is 2.09. The third-order valence-electron chi connectivity index (χ3n) is 5.64. The van der Waals surface area contributed by atoms with E-state index >= 15 is 0 Å². The van der Waals surface area contributed by atoms with Gasteiger partial charge in [-0.2, -0.15) is 0 Å². The molecule has 25 heavy (non-hydrogen) atoms. The maximum absolute atomic E-state index is 12.7. The van der Waals surface area contributed by atoms with Crippen molar-refractivity contribution in [1.82, 2.24) is 4.90 Å². The second-order valence-electron chi connectivity index (χ2n) is 6.59. The topological polar surface area (TPSA) is 89.5 Å². The highest BCUT2D eigenvalue weighted by molar-refractivity contribution is 6.08. The highest BCUT2D eigenvalue weighted by Gasteiger charge is 2.71. The molecule has 2 heterocycles. The molecule has 0 aromatic heterocycles. The first kappa shape index (κ1) is 17.4. The summed E-state index contributed by atoms with van der Waals surface area (Å²) in [6.07, 6.45) is 0.403. The number of esters is 1. The van der Waals surface area contributed by atoms with E-state index in [0.29, 0.717) is 12.2 Å². The minimum atomic E-state index is -1.08. The van der Waals surface area contributed by atoms with Crippen molar-refractivity contribution >= 4 is 17.8 Å². The number of fused-ring (bicyclic) bond motifs is 1. The van der Waals surface area contributed by atoms with Crippen LogP contribution in [-0.2, 0) is 19.1 Å². The standard InChI is InChI=1S/C18H22N2O5/c1-5-18(17(23)25-4)13-12(15(21)20(2)16(13)22)14(19-18)10-6-8-11(24-3)9-7-10/h6-9,12-14,19H,5H2,1-4H3/p+1/t12-,13-,14-,18-/m0/s1. The van der Waals surface area contributed by atoms with Gasteiger partial charge in [0.05, 0.1) is 14.2 Å². The molecular formula is C18H23N2O5+. The number of quaternary nitrogens is 1. The molecule has 2 amide bonds. The number of carbonyl (C=O) groups excluding carboxylic acids is 3. The number of likely N-dealkylation sites (tertiary alicyclic amines) is 1. The summed E-state index contributed by atoms with van der Waals surface area (Å²) in [7, 11) is 4.38. The van der Waals surface area contributed by atoms with Crippen molar-refractivity contribution in [2.75, 3.05) is 21.3 Å². The number of amides is 2. The Bertz CT molecular complexity index is 717. The molecule has 2 fully saturated rings. The Morgan fingerprint density at radius 3 is 2.36 bits per heavy atom. The number of imide groups is 1. The number of ether oxygens (including phenoxy) is 2. The Morgan fingerprint density at radius 1 is 1.20 bits per heavy atom. The van der Waals surface area contributed by atoms with E-state index in [1.807, 2.05) is 36.5 Å². The predicted molar refractivity (Wildman–Crippen MR) is 87.5 cm³/mol. The van der Waals surface area contributed by atoms with E-state index in [1.165, 1.54) is 14.2 Å². The third kappa shape index (κ3) is 2.33. The van der Waals surface area contributed by atoms with Crippen molar-refractivity contribution in [1.29, 1.82) is 0 Å². The zero-order valence-electron chi connectivity index (χ0n) is 14.8. The lowest BCUT2D eigenvalue weighted by Crippen LogP contribution is -2.98. The summed E-state index contributed by atoms with van der Waals surface area (Å²) in [5.74, 6) is -1.60. The Labute approximate surface area is 146 Å². The van der Waals surface area contributed by atoms with Gasteiger partial charge < -0.3 is 14.8 Å². The molecule has 2 N–H and O–H groups in total. The largest absolute Gasteiger partial charge is 0.497 e. The Kier molecular flexibility index (Phi) is 4.28. The molecule has 2 aliphatic heterocycles. The lowest BCUT2D eigenvalue weighted by atomic mass is 9.78. The summed E-state index contributed by atoms with van der Waals surface area (Å²) >= 11 is 0. The quantitative estimate of drug-likeness (QED) is 0.605. The molecule has 0 aliphatic carbocycles. The van der Waals surface area contributed by atoms with Gasteiger partial charge in [-0.25, -0.2) is 4.79 Å². The van der Waals surface area contributed by atoms with Crippen molar-refractivity contribution in [2.24, 2.45) is 11.8 Å². The summed E-state index contributed by atoms with van der Waals surface area (Å²) in [6.45, 7) is 1.84. The Morgan fingerprint density at radius 2 is 1.84 bits per heavy atom. The van der Waals surface area contributed by atoms with Crippen LogP contribution in [0.15, 0.2) is 24.3 Å². The van der Waals surface area contributed by atoms with Crippen LogP contribution >= 0.6 is 0 Å². The first-order valence-corrected chi connectivity index (χ1v) is 8.31. The monoisotopic (exact) mass is 347 g/mol. The van der Waals surface area contributed by atoms with E-state index in [-0.39, 0.29) is 17.9 Å². The van der Waals surface area contributed by atoms with Gasteiger partial charge in [-0.3, -0.25) is 14.5 Å². The molecular weight excluding hydrogens is 324 g/mol. The molecule has 1 aromatic rings. The van der Waals surface area contributed by atoms with E-state index < -0.39 is 23.3 Å². The van der Waals surface area contributed by atoms with E-state index in [2.05, 4.69) is 0 Å². The molecule has 2 aliphatic rings. The van der Waals surface area contributed by atoms with Gasteiger partial charge in [0.1, 0.15) is 23.6 Å². The van der Waals surface area contributed by atoms with Crippen LogP contribution in [0.2, 0.25) is 0 Å². The number of nitrogens with two attached hydrogens (primary N) is 1. The van der Waals surface area contributed by atoms with Crippen molar-refractivity contribution < 1.29 is 29.2 Å². The minimum Gasteiger partial charge on any atom is -0.497 e. The highest BCUT2D eigenvalue weighted by Crippen LogP contribution is 2.45. The lowest BCUT2D eigenvalue weighted by molar-refractivity contribution is -0.734. The van der Waals surface area contributed by atoms with Crippen molar-refractivity contribution in [3.8, 4) is 5.75 Å². The van der Waals surface area contributed by atoms with Crippen LogP contribution in [0.3, 0.4) is 0 Å². The van der Waals surface area contributed by atoms with E-state index in [0.717, 1.165) is 10.5 Å². The molecule has 3 rings (SSSR count). The number of hydrogen-bond acceptors (Lipinski definition) is 5. The van der Waals surface area contributed by atoms with Gasteiger partial charge in [0.2, 0.25) is 17.4 Å². The fraction of sp³-hybridized carbons (Fsp3) is 0.500. The third-order valence-corrected chi connectivity index (χ3v) is 5.64. The number of hydrogen-bond donors (Lipinski definition) is 1. The van der Waals surface area contributed by atoms with Crippen LogP contribution in [-0.4, -0.2) is 49.5 Å². The predicted octanol–water partition coefficient (Wildman–Crippen LogP) is -0.134. The summed E-state index contributed by atoms with van der Waals surface area (Å²) in [5.41, 5.74) is -0.201. The zero-order valence-corrected chi connectivity index (χ0v) is 14.8. The first-order chi connectivity index (χ1) is 11.9. The van der Waals surface area contributed by atoms with Crippen LogP contribution in [0.5, 0.6) is 5.75 Å². The van der Waals surface area contributed by atoms with Crippen molar-refractivity contribution in [2.45, 2.75) is 24.9 Å². The highest BCUT2D eigenvalue weighted by atomic mass is 16.5. The molecule has 0 saturated carbocycles. The Hall–Kier alpha value is -2.41.